The molecule has 0 saturated carbocycles. The third-order valence-electron chi connectivity index (χ3n) is 3.14. The standard InChI is InChI=1S/C13H19N3/c1-14-13(12-8-9-15-10-16-12)11-6-4-2-3-5-7-11/h6,8-10,13-14H,2-5,7H2,1H3. The molecule has 3 heteroatoms. The first kappa shape index (κ1) is 11.3. The minimum atomic E-state index is 0.265. The van der Waals surface area contributed by atoms with Gasteiger partial charge in [0.15, 0.2) is 0 Å². The summed E-state index contributed by atoms with van der Waals surface area (Å²) in [7, 11) is 2.00. The van der Waals surface area contributed by atoms with Crippen LogP contribution in [0.3, 0.4) is 0 Å². The molecular formula is C13H19N3. The lowest BCUT2D eigenvalue weighted by atomic mass is 9.99. The van der Waals surface area contributed by atoms with E-state index in [0.717, 1.165) is 5.69 Å². The Morgan fingerprint density at radius 1 is 1.31 bits per heavy atom. The Labute approximate surface area is 97.0 Å². The van der Waals surface area contributed by atoms with Crippen LogP contribution >= 0.6 is 0 Å². The van der Waals surface area contributed by atoms with Gasteiger partial charge >= 0.3 is 0 Å². The van der Waals surface area contributed by atoms with Crippen LogP contribution in [-0.2, 0) is 0 Å². The van der Waals surface area contributed by atoms with E-state index in [1.807, 2.05) is 19.3 Å². The summed E-state index contributed by atoms with van der Waals surface area (Å²) < 4.78 is 0. The van der Waals surface area contributed by atoms with Gasteiger partial charge in [-0.25, -0.2) is 9.97 Å². The van der Waals surface area contributed by atoms with E-state index in [4.69, 9.17) is 0 Å². The van der Waals surface area contributed by atoms with Crippen molar-refractivity contribution in [1.29, 1.82) is 0 Å². The zero-order valence-electron chi connectivity index (χ0n) is 9.82. The number of likely N-dealkylation sites (N-methyl/N-ethyl adjacent to an activating group) is 1. The van der Waals surface area contributed by atoms with Crippen molar-refractivity contribution in [3.05, 3.63) is 35.9 Å². The number of allylic oxidation sites excluding steroid dienone is 1. The summed E-state index contributed by atoms with van der Waals surface area (Å²) in [4.78, 5) is 8.31. The monoisotopic (exact) mass is 217 g/mol. The number of hydrogen-bond donors (Lipinski definition) is 1. The molecule has 86 valence electrons. The highest BCUT2D eigenvalue weighted by Crippen LogP contribution is 2.27. The first-order valence-corrected chi connectivity index (χ1v) is 6.04. The zero-order chi connectivity index (χ0) is 11.2. The molecule has 1 aliphatic carbocycles. The summed E-state index contributed by atoms with van der Waals surface area (Å²) in [6.45, 7) is 0. The van der Waals surface area contributed by atoms with Crippen molar-refractivity contribution in [2.24, 2.45) is 0 Å². The Balaban J connectivity index is 2.18. The van der Waals surface area contributed by atoms with Gasteiger partial charge in [-0.05, 0) is 38.8 Å². The van der Waals surface area contributed by atoms with E-state index in [9.17, 15) is 0 Å². The van der Waals surface area contributed by atoms with Gasteiger partial charge in [-0.15, -0.1) is 0 Å². The largest absolute Gasteiger partial charge is 0.308 e. The molecule has 1 heterocycles. The molecule has 1 aromatic heterocycles. The average molecular weight is 217 g/mol. The van der Waals surface area contributed by atoms with Gasteiger partial charge in [0.25, 0.3) is 0 Å². The van der Waals surface area contributed by atoms with Gasteiger partial charge < -0.3 is 5.32 Å². The molecule has 0 radical (unpaired) electrons. The second-order valence-corrected chi connectivity index (χ2v) is 4.23. The van der Waals surface area contributed by atoms with E-state index in [0.29, 0.717) is 0 Å². The van der Waals surface area contributed by atoms with Gasteiger partial charge in [0.05, 0.1) is 11.7 Å². The summed E-state index contributed by atoms with van der Waals surface area (Å²) in [5.41, 5.74) is 2.56. The Morgan fingerprint density at radius 2 is 2.25 bits per heavy atom. The van der Waals surface area contributed by atoms with E-state index in [1.54, 1.807) is 6.33 Å². The van der Waals surface area contributed by atoms with Crippen molar-refractivity contribution in [3.63, 3.8) is 0 Å². The maximum absolute atomic E-state index is 4.34. The third-order valence-corrected chi connectivity index (χ3v) is 3.14. The predicted molar refractivity (Wildman–Crippen MR) is 65.0 cm³/mol. The van der Waals surface area contributed by atoms with Gasteiger partial charge in [0.1, 0.15) is 6.33 Å². The van der Waals surface area contributed by atoms with Gasteiger partial charge in [-0.1, -0.05) is 18.1 Å². The third kappa shape index (κ3) is 2.67. The molecule has 0 aliphatic heterocycles. The first-order chi connectivity index (χ1) is 7.92. The Bertz CT molecular complexity index is 345. The number of nitrogens with one attached hydrogen (secondary N) is 1. The average Bonchev–Trinajstić information content (AvgIpc) is 2.61. The number of rotatable bonds is 3. The Kier molecular flexibility index (Phi) is 4.05. The topological polar surface area (TPSA) is 37.8 Å². The molecule has 0 fully saturated rings. The molecule has 1 atom stereocenters. The van der Waals surface area contributed by atoms with Crippen molar-refractivity contribution in [3.8, 4) is 0 Å². The van der Waals surface area contributed by atoms with Gasteiger partial charge in [0.2, 0.25) is 0 Å². The summed E-state index contributed by atoms with van der Waals surface area (Å²) in [6, 6.07) is 2.26. The van der Waals surface area contributed by atoms with Crippen LogP contribution in [-0.4, -0.2) is 17.0 Å². The van der Waals surface area contributed by atoms with E-state index < -0.39 is 0 Å². The minimum Gasteiger partial charge on any atom is -0.308 e. The van der Waals surface area contributed by atoms with Crippen molar-refractivity contribution in [2.75, 3.05) is 7.05 Å². The maximum atomic E-state index is 4.34. The lowest BCUT2D eigenvalue weighted by molar-refractivity contribution is 0.614. The van der Waals surface area contributed by atoms with Crippen molar-refractivity contribution in [2.45, 2.75) is 38.1 Å². The highest BCUT2D eigenvalue weighted by atomic mass is 14.9. The van der Waals surface area contributed by atoms with Crippen LogP contribution < -0.4 is 5.32 Å². The molecule has 0 amide bonds. The molecule has 1 N–H and O–H groups in total. The summed E-state index contributed by atoms with van der Waals surface area (Å²) >= 11 is 0. The molecular weight excluding hydrogens is 198 g/mol. The van der Waals surface area contributed by atoms with Crippen LogP contribution in [0.4, 0.5) is 0 Å². The molecule has 16 heavy (non-hydrogen) atoms. The molecule has 2 rings (SSSR count). The van der Waals surface area contributed by atoms with Crippen LogP contribution in [0.1, 0.15) is 43.8 Å². The molecule has 0 aromatic carbocycles. The fraction of sp³-hybridized carbons (Fsp3) is 0.538. The normalized spacial score (nSPS) is 18.7. The Hall–Kier alpha value is -1.22. The summed E-state index contributed by atoms with van der Waals surface area (Å²) in [5, 5.41) is 3.36. The van der Waals surface area contributed by atoms with E-state index >= 15 is 0 Å². The lowest BCUT2D eigenvalue weighted by Crippen LogP contribution is -2.20. The zero-order valence-corrected chi connectivity index (χ0v) is 9.82. The van der Waals surface area contributed by atoms with Crippen molar-refractivity contribution in [1.82, 2.24) is 15.3 Å². The van der Waals surface area contributed by atoms with Crippen molar-refractivity contribution >= 4 is 0 Å². The van der Waals surface area contributed by atoms with E-state index in [-0.39, 0.29) is 6.04 Å². The van der Waals surface area contributed by atoms with Crippen LogP contribution in [0.5, 0.6) is 0 Å². The number of aromatic nitrogens is 2. The van der Waals surface area contributed by atoms with Crippen molar-refractivity contribution < 1.29 is 0 Å². The van der Waals surface area contributed by atoms with Gasteiger partial charge in [0, 0.05) is 6.20 Å². The second kappa shape index (κ2) is 5.75. The van der Waals surface area contributed by atoms with Gasteiger partial charge in [-0.2, -0.15) is 0 Å². The molecule has 0 saturated heterocycles. The fourth-order valence-electron chi connectivity index (χ4n) is 2.30. The summed E-state index contributed by atoms with van der Waals surface area (Å²) in [6.07, 6.45) is 12.2. The first-order valence-electron chi connectivity index (χ1n) is 6.04. The second-order valence-electron chi connectivity index (χ2n) is 4.23. The highest BCUT2D eigenvalue weighted by Gasteiger charge is 2.16. The molecule has 1 aromatic rings. The van der Waals surface area contributed by atoms with E-state index in [1.165, 1.54) is 37.7 Å². The minimum absolute atomic E-state index is 0.265. The van der Waals surface area contributed by atoms with Crippen LogP contribution in [0.2, 0.25) is 0 Å². The molecule has 1 unspecified atom stereocenters. The maximum Gasteiger partial charge on any atom is 0.115 e. The van der Waals surface area contributed by atoms with Crippen LogP contribution in [0, 0.1) is 0 Å². The van der Waals surface area contributed by atoms with Gasteiger partial charge in [-0.3, -0.25) is 0 Å². The van der Waals surface area contributed by atoms with Crippen LogP contribution in [0.25, 0.3) is 0 Å². The summed E-state index contributed by atoms with van der Waals surface area (Å²) in [5.74, 6) is 0. The van der Waals surface area contributed by atoms with Crippen LogP contribution in [0.15, 0.2) is 30.2 Å². The molecule has 0 spiro atoms. The fourth-order valence-corrected chi connectivity index (χ4v) is 2.30. The predicted octanol–water partition coefficient (Wildman–Crippen LogP) is 2.63. The lowest BCUT2D eigenvalue weighted by Gasteiger charge is -2.18. The molecule has 1 aliphatic rings. The Morgan fingerprint density at radius 3 is 3.00 bits per heavy atom. The highest BCUT2D eigenvalue weighted by molar-refractivity contribution is 5.21. The molecule has 0 bridgehead atoms. The smallest absolute Gasteiger partial charge is 0.115 e. The quantitative estimate of drug-likeness (QED) is 0.791. The SMILES string of the molecule is CNC(C1=CCCCCC1)c1ccncn1. The number of nitrogens with zero attached hydrogens (tertiary/aromatic N) is 2. The van der Waals surface area contributed by atoms with E-state index in [2.05, 4.69) is 21.4 Å². The number of hydrogen-bond acceptors (Lipinski definition) is 3. The molecule has 3 nitrogen and oxygen atoms in total.